The fourth-order valence-corrected chi connectivity index (χ4v) is 3.95. The maximum absolute atomic E-state index is 4.29. The van der Waals surface area contributed by atoms with Crippen LogP contribution < -0.4 is 0 Å². The first-order valence-electron chi connectivity index (χ1n) is 8.01. The highest BCUT2D eigenvalue weighted by molar-refractivity contribution is 8.76. The summed E-state index contributed by atoms with van der Waals surface area (Å²) < 4.78 is 0. The van der Waals surface area contributed by atoms with E-state index in [1.807, 2.05) is 84.9 Å². The Morgan fingerprint density at radius 1 is 0.423 bits per heavy atom. The van der Waals surface area contributed by atoms with Crippen LogP contribution in [0.4, 0.5) is 0 Å². The zero-order valence-corrected chi connectivity index (χ0v) is 15.3. The minimum absolute atomic E-state index is 0.837. The van der Waals surface area contributed by atoms with Gasteiger partial charge in [-0.2, -0.15) is 0 Å². The summed E-state index contributed by atoms with van der Waals surface area (Å²) in [6.07, 6.45) is 0. The SMILES string of the molecule is c1ccc(-c2ccc(SSc3ccc(-c4ccccc4)nn3)nn2)cc1. The Morgan fingerprint density at radius 2 is 0.846 bits per heavy atom. The number of hydrogen-bond donors (Lipinski definition) is 0. The van der Waals surface area contributed by atoms with E-state index in [0.29, 0.717) is 0 Å². The van der Waals surface area contributed by atoms with Crippen molar-refractivity contribution < 1.29 is 0 Å². The first kappa shape index (κ1) is 16.8. The predicted octanol–water partition coefficient (Wildman–Crippen LogP) is 5.40. The van der Waals surface area contributed by atoms with Crippen molar-refractivity contribution in [3.8, 4) is 22.5 Å². The maximum atomic E-state index is 4.29. The molecular formula is C20H14N4S2. The molecule has 0 aliphatic rings. The van der Waals surface area contributed by atoms with E-state index in [9.17, 15) is 0 Å². The molecule has 0 spiro atoms. The summed E-state index contributed by atoms with van der Waals surface area (Å²) in [5, 5.41) is 18.8. The molecule has 0 aliphatic heterocycles. The average molecular weight is 374 g/mol. The summed E-state index contributed by atoms with van der Waals surface area (Å²) in [5.74, 6) is 0. The number of rotatable bonds is 5. The molecule has 2 heterocycles. The van der Waals surface area contributed by atoms with Gasteiger partial charge in [0.25, 0.3) is 0 Å². The van der Waals surface area contributed by atoms with E-state index in [1.165, 1.54) is 21.6 Å². The van der Waals surface area contributed by atoms with Gasteiger partial charge >= 0.3 is 0 Å². The van der Waals surface area contributed by atoms with Crippen LogP contribution in [0, 0.1) is 0 Å². The third-order valence-electron chi connectivity index (χ3n) is 3.63. The second-order valence-corrected chi connectivity index (χ2v) is 7.58. The van der Waals surface area contributed by atoms with Crippen LogP contribution in [-0.2, 0) is 0 Å². The van der Waals surface area contributed by atoms with Gasteiger partial charge in [0.05, 0.1) is 11.4 Å². The van der Waals surface area contributed by atoms with Crippen molar-refractivity contribution in [3.05, 3.63) is 84.9 Å². The van der Waals surface area contributed by atoms with Gasteiger partial charge < -0.3 is 0 Å². The van der Waals surface area contributed by atoms with Gasteiger partial charge in [-0.25, -0.2) is 0 Å². The Labute approximate surface area is 159 Å². The minimum Gasteiger partial charge on any atom is -0.149 e. The topological polar surface area (TPSA) is 51.6 Å². The van der Waals surface area contributed by atoms with Crippen LogP contribution in [0.15, 0.2) is 95.0 Å². The molecule has 6 heteroatoms. The normalized spacial score (nSPS) is 10.6. The molecule has 0 bridgehead atoms. The Balaban J connectivity index is 1.40. The quantitative estimate of drug-likeness (QED) is 0.436. The number of hydrogen-bond acceptors (Lipinski definition) is 6. The average Bonchev–Trinajstić information content (AvgIpc) is 2.74. The second kappa shape index (κ2) is 8.12. The fraction of sp³-hybridized carbons (Fsp3) is 0. The summed E-state index contributed by atoms with van der Waals surface area (Å²) in [4.78, 5) is 0. The van der Waals surface area contributed by atoms with E-state index in [2.05, 4.69) is 20.4 Å². The van der Waals surface area contributed by atoms with Crippen molar-refractivity contribution in [2.75, 3.05) is 0 Å². The van der Waals surface area contributed by atoms with Gasteiger partial charge in [0.1, 0.15) is 10.1 Å². The Kier molecular flexibility index (Phi) is 5.23. The van der Waals surface area contributed by atoms with E-state index < -0.39 is 0 Å². The Hall–Kier alpha value is -2.70. The van der Waals surface area contributed by atoms with Crippen molar-refractivity contribution in [1.82, 2.24) is 20.4 Å². The van der Waals surface area contributed by atoms with Gasteiger partial charge in [0, 0.05) is 11.1 Å². The molecule has 0 atom stereocenters. The molecule has 0 N–H and O–H groups in total. The minimum atomic E-state index is 0.837. The molecule has 2 aromatic heterocycles. The van der Waals surface area contributed by atoms with Crippen molar-refractivity contribution >= 4 is 21.6 Å². The molecule has 4 rings (SSSR count). The third kappa shape index (κ3) is 4.09. The molecule has 0 radical (unpaired) electrons. The Morgan fingerprint density at radius 3 is 1.19 bits per heavy atom. The van der Waals surface area contributed by atoms with Crippen LogP contribution in [0.3, 0.4) is 0 Å². The van der Waals surface area contributed by atoms with Crippen molar-refractivity contribution in [3.63, 3.8) is 0 Å². The highest BCUT2D eigenvalue weighted by Gasteiger charge is 2.05. The summed E-state index contributed by atoms with van der Waals surface area (Å²) >= 11 is 0. The molecule has 2 aromatic carbocycles. The molecule has 0 unspecified atom stereocenters. The zero-order valence-electron chi connectivity index (χ0n) is 13.7. The van der Waals surface area contributed by atoms with Crippen LogP contribution in [0.5, 0.6) is 0 Å². The summed E-state index contributed by atoms with van der Waals surface area (Å²) in [6.45, 7) is 0. The first-order chi connectivity index (χ1) is 12.9. The van der Waals surface area contributed by atoms with Crippen LogP contribution in [-0.4, -0.2) is 20.4 Å². The van der Waals surface area contributed by atoms with Crippen LogP contribution in [0.1, 0.15) is 0 Å². The lowest BCUT2D eigenvalue weighted by Crippen LogP contribution is -1.89. The zero-order chi connectivity index (χ0) is 17.6. The van der Waals surface area contributed by atoms with Crippen LogP contribution >= 0.6 is 21.6 Å². The molecule has 0 saturated heterocycles. The largest absolute Gasteiger partial charge is 0.149 e. The summed E-state index contributed by atoms with van der Waals surface area (Å²) in [5.41, 5.74) is 3.86. The number of benzene rings is 2. The van der Waals surface area contributed by atoms with Crippen LogP contribution in [0.25, 0.3) is 22.5 Å². The standard InChI is InChI=1S/C20H14N4S2/c1-3-7-15(8-4-1)17-11-13-19(23-21-17)25-26-20-14-12-18(22-24-20)16-9-5-2-6-10-16/h1-14H. The smallest absolute Gasteiger partial charge is 0.130 e. The van der Waals surface area contributed by atoms with E-state index in [4.69, 9.17) is 0 Å². The van der Waals surface area contributed by atoms with Gasteiger partial charge in [-0.05, 0) is 45.9 Å². The van der Waals surface area contributed by atoms with Gasteiger partial charge in [-0.1, -0.05) is 60.7 Å². The van der Waals surface area contributed by atoms with Crippen molar-refractivity contribution in [2.24, 2.45) is 0 Å². The first-order valence-corrected chi connectivity index (χ1v) is 10.2. The number of aromatic nitrogens is 4. The molecular weight excluding hydrogens is 360 g/mol. The molecule has 0 amide bonds. The van der Waals surface area contributed by atoms with Crippen molar-refractivity contribution in [2.45, 2.75) is 10.1 Å². The lowest BCUT2D eigenvalue weighted by Gasteiger charge is -2.03. The molecule has 4 aromatic rings. The lowest BCUT2D eigenvalue weighted by molar-refractivity contribution is 0.935. The van der Waals surface area contributed by atoms with E-state index in [0.717, 1.165) is 32.6 Å². The van der Waals surface area contributed by atoms with Crippen molar-refractivity contribution in [1.29, 1.82) is 0 Å². The van der Waals surface area contributed by atoms with Gasteiger partial charge in [-0.3, -0.25) is 0 Å². The van der Waals surface area contributed by atoms with E-state index in [1.54, 1.807) is 0 Å². The molecule has 0 saturated carbocycles. The molecule has 26 heavy (non-hydrogen) atoms. The van der Waals surface area contributed by atoms with Gasteiger partial charge in [0.15, 0.2) is 0 Å². The Bertz CT molecular complexity index is 877. The highest BCUT2D eigenvalue weighted by atomic mass is 33.1. The maximum Gasteiger partial charge on any atom is 0.130 e. The summed E-state index contributed by atoms with van der Waals surface area (Å²) in [7, 11) is 3.04. The monoisotopic (exact) mass is 374 g/mol. The molecule has 0 fully saturated rings. The lowest BCUT2D eigenvalue weighted by atomic mass is 10.1. The number of nitrogens with zero attached hydrogens (tertiary/aromatic N) is 4. The van der Waals surface area contributed by atoms with Gasteiger partial charge in [-0.15, -0.1) is 20.4 Å². The van der Waals surface area contributed by atoms with Gasteiger partial charge in [0.2, 0.25) is 0 Å². The summed E-state index contributed by atoms with van der Waals surface area (Å²) in [6, 6.07) is 27.9. The van der Waals surface area contributed by atoms with E-state index in [-0.39, 0.29) is 0 Å². The molecule has 126 valence electrons. The molecule has 0 aliphatic carbocycles. The third-order valence-corrected chi connectivity index (χ3v) is 5.77. The fourth-order valence-electron chi connectivity index (χ4n) is 2.34. The molecule has 4 nitrogen and oxygen atoms in total. The van der Waals surface area contributed by atoms with Crippen LogP contribution in [0.2, 0.25) is 0 Å². The van der Waals surface area contributed by atoms with E-state index >= 15 is 0 Å². The second-order valence-electron chi connectivity index (χ2n) is 5.41. The highest BCUT2D eigenvalue weighted by Crippen LogP contribution is 2.35. The predicted molar refractivity (Wildman–Crippen MR) is 107 cm³/mol.